The molecule has 1 aliphatic rings. The van der Waals surface area contributed by atoms with E-state index in [0.29, 0.717) is 13.2 Å². The molecule has 298 valence electrons. The average Bonchev–Trinajstić information content (AvgIpc) is 3.61. The Morgan fingerprint density at radius 1 is 0.943 bits per heavy atom. The number of fused-ring (bicyclic) bond motifs is 1. The molecule has 4 unspecified atom stereocenters. The van der Waals surface area contributed by atoms with Gasteiger partial charge < -0.3 is 54.5 Å². The van der Waals surface area contributed by atoms with Crippen LogP contribution in [0.4, 0.5) is 5.82 Å². The van der Waals surface area contributed by atoms with Gasteiger partial charge in [-0.3, -0.25) is 23.6 Å². The molecule has 30 heteroatoms. The highest BCUT2D eigenvalue weighted by Crippen LogP contribution is 2.67. The molecule has 0 spiro atoms. The summed E-state index contributed by atoms with van der Waals surface area (Å²) in [6, 6.07) is 0. The summed E-state index contributed by atoms with van der Waals surface area (Å²) < 4.78 is 75.6. The first-order chi connectivity index (χ1) is 25.0. The summed E-state index contributed by atoms with van der Waals surface area (Å²) in [5.74, 6) is -1.92. The van der Waals surface area contributed by atoms with Crippen molar-refractivity contribution in [3.8, 4) is 0 Å². The van der Waals surface area contributed by atoms with Crippen molar-refractivity contribution in [2.75, 3.05) is 65.1 Å². The van der Waals surface area contributed by atoms with E-state index in [1.807, 2.05) is 0 Å². The van der Waals surface area contributed by atoms with Crippen molar-refractivity contribution in [1.29, 1.82) is 0 Å². The number of azide groups is 1. The number of nitrogens with two attached hydrogens (primary N) is 1. The van der Waals surface area contributed by atoms with Crippen LogP contribution in [0.25, 0.3) is 21.6 Å². The van der Waals surface area contributed by atoms with E-state index in [9.17, 15) is 48.2 Å². The zero-order chi connectivity index (χ0) is 39.1. The van der Waals surface area contributed by atoms with Crippen LogP contribution in [0.3, 0.4) is 0 Å². The van der Waals surface area contributed by atoms with E-state index in [-0.39, 0.29) is 69.3 Å². The molecule has 0 aromatic carbocycles. The summed E-state index contributed by atoms with van der Waals surface area (Å²) in [5, 5.41) is 26.7. The number of hydrogen-bond acceptors (Lipinski definition) is 20. The van der Waals surface area contributed by atoms with E-state index < -0.39 is 72.9 Å². The number of anilines is 1. The molecule has 2 aromatic rings. The number of nitrogen functional groups attached to an aromatic ring is 1. The third kappa shape index (κ3) is 15.2. The minimum absolute atomic E-state index is 0.0111. The summed E-state index contributed by atoms with van der Waals surface area (Å²) in [6.45, 7) is 0.871. The lowest BCUT2D eigenvalue weighted by Gasteiger charge is -2.20. The second-order valence-electron chi connectivity index (χ2n) is 10.5. The lowest BCUT2D eigenvalue weighted by molar-refractivity contribution is -0.135. The smallest absolute Gasteiger partial charge is 0.387 e. The monoisotopic (exact) mass is 821 g/mol. The Bertz CT molecular complexity index is 1710. The van der Waals surface area contributed by atoms with E-state index in [4.69, 9.17) is 30.2 Å². The fraction of sp³-hybridized carbons (Fsp3) is 0.696. The normalized spacial score (nSPS) is 22.0. The number of nitrogens with one attached hydrogen (secondary N) is 1. The first-order valence-corrected chi connectivity index (χ1v) is 19.8. The summed E-state index contributed by atoms with van der Waals surface area (Å²) in [7, 11) is -17.3. The van der Waals surface area contributed by atoms with Gasteiger partial charge in [-0.1, -0.05) is 5.11 Å². The predicted molar refractivity (Wildman–Crippen MR) is 173 cm³/mol. The maximum absolute atomic E-state index is 12.3. The molecule has 1 aliphatic heterocycles. The number of aromatic nitrogens is 4. The van der Waals surface area contributed by atoms with Gasteiger partial charge in [0, 0.05) is 30.8 Å². The van der Waals surface area contributed by atoms with E-state index >= 15 is 0 Å². The number of phosphoric ester groups is 2. The van der Waals surface area contributed by atoms with Crippen molar-refractivity contribution in [3.63, 3.8) is 0 Å². The van der Waals surface area contributed by atoms with Crippen molar-refractivity contribution in [2.45, 2.75) is 43.8 Å². The number of ether oxygens (including phenoxy) is 4. The third-order valence-corrected chi connectivity index (χ3v) is 10.7. The van der Waals surface area contributed by atoms with Crippen molar-refractivity contribution < 1.29 is 84.8 Å². The summed E-state index contributed by atoms with van der Waals surface area (Å²) in [6.07, 6.45) is -5.04. The Balaban J connectivity index is 1.31. The Morgan fingerprint density at radius 3 is 2.30 bits per heavy atom. The SMILES string of the molecule is [N-]=[N+]=NCCOCCOCCOCCNC(=O)CCCC(=O)OP(=O)(O)OP(=O)(O)OP(=O)(O)OC[C@H]1O[C@@H](n2cnc3c(N)ncnc32)[C@@H](O)C1O. The number of carbonyl (C=O) groups is 2. The molecule has 7 atom stereocenters. The van der Waals surface area contributed by atoms with E-state index in [1.54, 1.807) is 0 Å². The van der Waals surface area contributed by atoms with Gasteiger partial charge in [0.15, 0.2) is 17.7 Å². The molecule has 0 bridgehead atoms. The average molecular weight is 822 g/mol. The molecular formula is C23H38N9O18P3. The Morgan fingerprint density at radius 2 is 1.60 bits per heavy atom. The van der Waals surface area contributed by atoms with Gasteiger partial charge in [-0.25, -0.2) is 28.6 Å². The number of aliphatic hydroxyl groups is 2. The largest absolute Gasteiger partial charge is 0.538 e. The molecule has 0 saturated carbocycles. The number of carbonyl (C=O) groups excluding carboxylic acids is 2. The van der Waals surface area contributed by atoms with Gasteiger partial charge >= 0.3 is 29.4 Å². The second kappa shape index (κ2) is 21.0. The van der Waals surface area contributed by atoms with Gasteiger partial charge in [0.05, 0.1) is 52.6 Å². The number of rotatable bonds is 25. The number of amides is 1. The molecule has 8 N–H and O–H groups in total. The summed E-state index contributed by atoms with van der Waals surface area (Å²) in [5.41, 5.74) is 14.1. The lowest BCUT2D eigenvalue weighted by atomic mass is 10.1. The lowest BCUT2D eigenvalue weighted by Crippen LogP contribution is -2.33. The molecule has 2 aromatic heterocycles. The van der Waals surface area contributed by atoms with Crippen molar-refractivity contribution in [3.05, 3.63) is 23.1 Å². The van der Waals surface area contributed by atoms with Crippen molar-refractivity contribution >= 4 is 52.3 Å². The highest BCUT2D eigenvalue weighted by molar-refractivity contribution is 7.67. The third-order valence-electron chi connectivity index (χ3n) is 6.53. The van der Waals surface area contributed by atoms with Gasteiger partial charge in [-0.15, -0.1) is 0 Å². The van der Waals surface area contributed by atoms with Crippen LogP contribution < -0.4 is 11.1 Å². The molecule has 0 aliphatic carbocycles. The fourth-order valence-electron chi connectivity index (χ4n) is 4.25. The maximum atomic E-state index is 12.3. The molecular weight excluding hydrogens is 783 g/mol. The summed E-state index contributed by atoms with van der Waals surface area (Å²) in [4.78, 5) is 67.6. The Hall–Kier alpha value is -3.19. The van der Waals surface area contributed by atoms with Crippen molar-refractivity contribution in [1.82, 2.24) is 24.8 Å². The highest BCUT2D eigenvalue weighted by atomic mass is 31.3. The predicted octanol–water partition coefficient (Wildman–Crippen LogP) is -0.431. The van der Waals surface area contributed by atoms with Gasteiger partial charge in [-0.05, 0) is 12.0 Å². The molecule has 3 heterocycles. The van der Waals surface area contributed by atoms with Crippen LogP contribution in [0, 0.1) is 0 Å². The van der Waals surface area contributed by atoms with Gasteiger partial charge in [0.1, 0.15) is 30.2 Å². The first kappa shape index (κ1) is 44.2. The van der Waals surface area contributed by atoms with E-state index in [0.717, 1.165) is 6.33 Å². The molecule has 53 heavy (non-hydrogen) atoms. The molecule has 1 fully saturated rings. The Labute approximate surface area is 299 Å². The molecule has 0 radical (unpaired) electrons. The topological polar surface area (TPSA) is 391 Å². The fourth-order valence-corrected chi connectivity index (χ4v) is 7.73. The zero-order valence-corrected chi connectivity index (χ0v) is 30.2. The number of phosphoric acid groups is 3. The first-order valence-electron chi connectivity index (χ1n) is 15.3. The van der Waals surface area contributed by atoms with Crippen LogP contribution in [0.5, 0.6) is 0 Å². The molecule has 3 rings (SSSR count). The Kier molecular flexibility index (Phi) is 17.6. The minimum Gasteiger partial charge on any atom is -0.387 e. The van der Waals surface area contributed by atoms with Crippen LogP contribution in [0.15, 0.2) is 17.8 Å². The highest BCUT2D eigenvalue weighted by Gasteiger charge is 2.47. The van der Waals surface area contributed by atoms with Crippen LogP contribution in [0.2, 0.25) is 0 Å². The number of nitrogens with zero attached hydrogens (tertiary/aromatic N) is 7. The molecule has 27 nitrogen and oxygen atoms in total. The standard InChI is InChI=1S/C23H38N9O18P3/c24-21-18-22(28-13-27-21)32(14-29-18)23-20(36)19(35)15(47-23)12-46-51(37,38)49-53(41,42)50-52(39,40)48-17(34)3-1-2-16(33)26-4-6-43-8-10-45-11-9-44-7-5-30-31-25/h13-15,19-20,23,35-36H,1-12H2,(H,26,33)(H,37,38)(H,39,40)(H,41,42)(H2,24,27,28)/t15-,19?,20+,23-/m1/s1. The number of aliphatic hydroxyl groups excluding tert-OH is 2. The van der Waals surface area contributed by atoms with E-state index in [2.05, 4.69) is 48.0 Å². The number of hydrogen-bond donors (Lipinski definition) is 7. The maximum Gasteiger partial charge on any atom is 0.538 e. The van der Waals surface area contributed by atoms with Crippen molar-refractivity contribution in [2.24, 2.45) is 5.11 Å². The quantitative estimate of drug-likeness (QED) is 0.0219. The minimum atomic E-state index is -5.96. The number of imidazole rings is 1. The molecule has 1 amide bonds. The summed E-state index contributed by atoms with van der Waals surface area (Å²) >= 11 is 0. The van der Waals surface area contributed by atoms with Gasteiger partial charge in [0.2, 0.25) is 5.91 Å². The van der Waals surface area contributed by atoms with Crippen LogP contribution in [-0.2, 0) is 59.9 Å². The van der Waals surface area contributed by atoms with Gasteiger partial charge in [0.25, 0.3) is 0 Å². The second-order valence-corrected chi connectivity index (χ2v) is 15.0. The van der Waals surface area contributed by atoms with Crippen LogP contribution >= 0.6 is 23.5 Å². The zero-order valence-electron chi connectivity index (χ0n) is 27.5. The van der Waals surface area contributed by atoms with Crippen LogP contribution in [0.1, 0.15) is 25.5 Å². The van der Waals surface area contributed by atoms with Crippen LogP contribution in [-0.4, -0.2) is 134 Å². The van der Waals surface area contributed by atoms with E-state index in [1.165, 1.54) is 10.9 Å². The van der Waals surface area contributed by atoms with Gasteiger partial charge in [-0.2, -0.15) is 8.62 Å². The molecule has 1 saturated heterocycles.